The largest absolute Gasteiger partial charge is 0.493 e. The summed E-state index contributed by atoms with van der Waals surface area (Å²) in [7, 11) is 0. The Bertz CT molecular complexity index is 3880. The van der Waals surface area contributed by atoms with E-state index in [2.05, 4.69) is 199 Å². The van der Waals surface area contributed by atoms with E-state index < -0.39 is 6.85 Å². The van der Waals surface area contributed by atoms with E-state index in [0.29, 0.717) is 51.6 Å². The van der Waals surface area contributed by atoms with Crippen molar-refractivity contribution in [2.24, 2.45) is 11.8 Å². The molecule has 0 aliphatic carbocycles. The minimum Gasteiger partial charge on any atom is -0.493 e. The van der Waals surface area contributed by atoms with Crippen LogP contribution in [0.4, 0.5) is 0 Å². The van der Waals surface area contributed by atoms with Crippen LogP contribution < -0.4 is 31.1 Å². The molecule has 10 aromatic rings. The lowest BCUT2D eigenvalue weighted by atomic mass is 9.50. The number of benzene rings is 6. The fourth-order valence-electron chi connectivity index (χ4n) is 10.1. The molecule has 2 atom stereocenters. The van der Waals surface area contributed by atoms with E-state index in [4.69, 9.17) is 19.4 Å². The molecule has 2 unspecified atom stereocenters. The Labute approximate surface area is 455 Å². The summed E-state index contributed by atoms with van der Waals surface area (Å²) in [6.45, 7) is 22.1. The molecule has 4 heterocycles. The summed E-state index contributed by atoms with van der Waals surface area (Å²) >= 11 is 3.08. The molecule has 4 aromatic heterocycles. The molecule has 0 spiro atoms. The highest BCUT2D eigenvalue weighted by Crippen LogP contribution is 2.39. The van der Waals surface area contributed by atoms with Crippen molar-refractivity contribution < 1.29 is 9.47 Å². The summed E-state index contributed by atoms with van der Waals surface area (Å²) in [6.07, 6.45) is 2.02. The first kappa shape index (κ1) is 51.8. The van der Waals surface area contributed by atoms with Gasteiger partial charge in [-0.05, 0) is 146 Å². The zero-order valence-corrected chi connectivity index (χ0v) is 46.8. The molecule has 0 radical (unpaired) electrons. The number of aromatic nitrogens is 4. The Balaban J connectivity index is 1.49. The summed E-state index contributed by atoms with van der Waals surface area (Å²) in [5, 5.41) is 28.4. The third kappa shape index (κ3) is 9.77. The zero-order valence-electron chi connectivity index (χ0n) is 45.2. The second kappa shape index (κ2) is 21.9. The quantitative estimate of drug-likeness (QED) is 0.0894. The van der Waals surface area contributed by atoms with Crippen molar-refractivity contribution in [2.75, 3.05) is 13.2 Å². The summed E-state index contributed by atoms with van der Waals surface area (Å²) in [6, 6.07) is 52.0. The number of rotatable bonds is 16. The summed E-state index contributed by atoms with van der Waals surface area (Å²) in [5.41, 5.74) is 12.8. The van der Waals surface area contributed by atoms with Crippen LogP contribution in [-0.2, 0) is 0 Å². The van der Waals surface area contributed by atoms with Gasteiger partial charge in [0.05, 0.1) is 44.3 Å². The molecular formula is C64H62B2N6O2S2. The molecule has 0 aliphatic rings. The van der Waals surface area contributed by atoms with Gasteiger partial charge in [0.2, 0.25) is 0 Å². The first-order valence-corrected chi connectivity index (χ1v) is 28.1. The molecule has 0 amide bonds. The Morgan fingerprint density at radius 1 is 0.553 bits per heavy atom. The Morgan fingerprint density at radius 3 is 1.32 bits per heavy atom. The number of nitriles is 2. The number of aryl methyl sites for hydroxylation is 4. The van der Waals surface area contributed by atoms with Crippen LogP contribution in [0, 0.1) is 62.2 Å². The van der Waals surface area contributed by atoms with Crippen molar-refractivity contribution in [3.8, 4) is 46.2 Å². The molecule has 0 bridgehead atoms. The van der Waals surface area contributed by atoms with E-state index in [0.717, 1.165) is 111 Å². The average molecular weight is 1030 g/mol. The molecule has 0 fully saturated rings. The van der Waals surface area contributed by atoms with Gasteiger partial charge in [0.25, 0.3) is 6.85 Å². The van der Waals surface area contributed by atoms with Crippen LogP contribution in [0.2, 0.25) is 13.6 Å². The highest BCUT2D eigenvalue weighted by atomic mass is 32.1. The molecular weight excluding hydrogens is 971 g/mol. The van der Waals surface area contributed by atoms with Crippen LogP contribution in [0.5, 0.6) is 11.5 Å². The van der Waals surface area contributed by atoms with Gasteiger partial charge in [-0.3, -0.25) is 0 Å². The van der Waals surface area contributed by atoms with E-state index in [1.165, 1.54) is 28.2 Å². The third-order valence-corrected chi connectivity index (χ3v) is 17.1. The fourth-order valence-corrected chi connectivity index (χ4v) is 12.2. The Hall–Kier alpha value is -7.63. The lowest BCUT2D eigenvalue weighted by molar-refractivity contribution is 0.256. The molecule has 6 aromatic carbocycles. The molecule has 0 saturated heterocycles. The van der Waals surface area contributed by atoms with Crippen molar-refractivity contribution in [3.63, 3.8) is 0 Å². The van der Waals surface area contributed by atoms with Crippen LogP contribution in [0.25, 0.3) is 64.9 Å². The van der Waals surface area contributed by atoms with Gasteiger partial charge < -0.3 is 18.4 Å². The second-order valence-corrected chi connectivity index (χ2v) is 22.8. The van der Waals surface area contributed by atoms with Gasteiger partial charge >= 0.3 is 6.85 Å². The number of hydrogen-bond acceptors (Lipinski definition) is 8. The maximum Gasteiger partial charge on any atom is 0.328 e. The Kier molecular flexibility index (Phi) is 14.9. The SMILES string of the molecule is CCC(C)COc1ccc(-c2c3/c(=C(\C#N)c4nc5cc(C)c(C)cc5s4)n(B(c4ccccc4)c4ccccc4)c(-c4ccc(OCC(C)CC)cc4)c3/c(=C(\C#N)c3nc4cc(C)c(C)cc4s3)n2B(C)C)cc1. The maximum atomic E-state index is 12.1. The highest BCUT2D eigenvalue weighted by Gasteiger charge is 2.35. The molecule has 10 rings (SSSR count). The number of fused-ring (bicyclic) bond motifs is 3. The minimum atomic E-state index is -0.466. The Morgan fingerprint density at radius 2 is 0.934 bits per heavy atom. The van der Waals surface area contributed by atoms with Crippen LogP contribution in [0.3, 0.4) is 0 Å². The van der Waals surface area contributed by atoms with Gasteiger partial charge in [0.1, 0.15) is 44.8 Å². The van der Waals surface area contributed by atoms with Gasteiger partial charge in [-0.1, -0.05) is 126 Å². The van der Waals surface area contributed by atoms with E-state index >= 15 is 0 Å². The normalized spacial score (nSPS) is 13.1. The molecule has 378 valence electrons. The summed E-state index contributed by atoms with van der Waals surface area (Å²) in [5.74, 6) is 2.33. The average Bonchev–Trinajstić information content (AvgIpc) is 4.21. The van der Waals surface area contributed by atoms with Crippen LogP contribution >= 0.6 is 22.7 Å². The lowest BCUT2D eigenvalue weighted by Gasteiger charge is -2.23. The monoisotopic (exact) mass is 1030 g/mol. The first-order chi connectivity index (χ1) is 36.8. The van der Waals surface area contributed by atoms with Crippen molar-refractivity contribution in [3.05, 3.63) is 176 Å². The van der Waals surface area contributed by atoms with Gasteiger partial charge in [-0.25, -0.2) is 9.97 Å². The van der Waals surface area contributed by atoms with E-state index in [-0.39, 0.29) is 6.85 Å². The van der Waals surface area contributed by atoms with Gasteiger partial charge in [-0.15, -0.1) is 22.7 Å². The standard InChI is InChI=1S/C64H62B2N6O2S2/c1-11-39(3)37-73-49-27-23-45(24-28-49)59-57-58(61(71(59)65(9)10)51(35-67)63-69-53-31-41(5)43(7)33-55(53)75-63)60(46-25-29-50(30-26-46)74-38-40(4)12-2)72(66(47-19-15-13-16-20-47)48-21-17-14-18-22-48)62(57)52(36-68)64-70-54-32-42(6)44(8)34-56(54)76-64/h13-34,39-40H,11-12,37-38H2,1-10H3/b61-51-,62-52-. The summed E-state index contributed by atoms with van der Waals surface area (Å²) < 4.78 is 19.5. The predicted molar refractivity (Wildman–Crippen MR) is 321 cm³/mol. The minimum absolute atomic E-state index is 0.176. The van der Waals surface area contributed by atoms with Crippen LogP contribution in [-0.4, -0.2) is 45.8 Å². The van der Waals surface area contributed by atoms with Crippen molar-refractivity contribution in [2.45, 2.75) is 81.9 Å². The third-order valence-electron chi connectivity index (χ3n) is 15.0. The fraction of sp³-hybridized carbons (Fsp3) is 0.250. The van der Waals surface area contributed by atoms with Crippen molar-refractivity contribution in [1.29, 1.82) is 10.5 Å². The van der Waals surface area contributed by atoms with E-state index in [9.17, 15) is 10.5 Å². The van der Waals surface area contributed by atoms with Crippen molar-refractivity contribution >= 4 is 89.6 Å². The number of thiazole rings is 2. The van der Waals surface area contributed by atoms with Gasteiger partial charge in [0.15, 0.2) is 0 Å². The molecule has 0 saturated carbocycles. The molecule has 12 heteroatoms. The topological polar surface area (TPSA) is 102 Å². The zero-order chi connectivity index (χ0) is 53.4. The molecule has 8 nitrogen and oxygen atoms in total. The van der Waals surface area contributed by atoms with Gasteiger partial charge in [0, 0.05) is 22.2 Å². The molecule has 0 N–H and O–H groups in total. The highest BCUT2D eigenvalue weighted by molar-refractivity contribution is 7.20. The predicted octanol–water partition coefficient (Wildman–Crippen LogP) is 13.3. The number of ether oxygens (including phenoxy) is 2. The number of nitrogens with zero attached hydrogens (tertiary/aromatic N) is 6. The van der Waals surface area contributed by atoms with Crippen LogP contribution in [0.1, 0.15) is 72.8 Å². The molecule has 76 heavy (non-hydrogen) atoms. The lowest BCUT2D eigenvalue weighted by Crippen LogP contribution is -2.53. The number of hydrogen-bond donors (Lipinski definition) is 0. The van der Waals surface area contributed by atoms with E-state index in [1.54, 1.807) is 0 Å². The molecule has 0 aliphatic heterocycles. The summed E-state index contributed by atoms with van der Waals surface area (Å²) in [4.78, 5) is 10.6. The van der Waals surface area contributed by atoms with Gasteiger partial charge in [-0.2, -0.15) is 10.5 Å². The van der Waals surface area contributed by atoms with E-state index in [1.807, 2.05) is 24.3 Å². The van der Waals surface area contributed by atoms with Crippen molar-refractivity contribution in [1.82, 2.24) is 18.9 Å². The first-order valence-electron chi connectivity index (χ1n) is 26.5. The smallest absolute Gasteiger partial charge is 0.328 e. The second-order valence-electron chi connectivity index (χ2n) is 20.7. The maximum absolute atomic E-state index is 12.1. The van der Waals surface area contributed by atoms with Crippen LogP contribution in [0.15, 0.2) is 133 Å².